The number of ether oxygens (including phenoxy) is 2. The number of aromatic nitrogens is 2. The van der Waals surface area contributed by atoms with Gasteiger partial charge in [0, 0.05) is 24.3 Å². The molecule has 1 aromatic heterocycles. The summed E-state index contributed by atoms with van der Waals surface area (Å²) in [5, 5.41) is 10.7. The van der Waals surface area contributed by atoms with Crippen molar-refractivity contribution in [2.75, 3.05) is 26.1 Å². The van der Waals surface area contributed by atoms with Crippen LogP contribution >= 0.6 is 0 Å². The van der Waals surface area contributed by atoms with Crippen molar-refractivity contribution < 1.29 is 14.3 Å². The maximum absolute atomic E-state index is 12.9. The van der Waals surface area contributed by atoms with Gasteiger partial charge in [-0.1, -0.05) is 12.1 Å². The number of carbonyl (C=O) groups is 1. The maximum Gasteiger partial charge on any atom is 0.257 e. The quantitative estimate of drug-likeness (QED) is 0.401. The highest BCUT2D eigenvalue weighted by Crippen LogP contribution is 2.23. The molecule has 0 spiro atoms. The Hall–Kier alpha value is -3.81. The average molecular weight is 450 g/mol. The predicted molar refractivity (Wildman–Crippen MR) is 130 cm³/mol. The van der Waals surface area contributed by atoms with Crippen LogP contribution in [0.4, 0.5) is 5.69 Å². The van der Waals surface area contributed by atoms with Gasteiger partial charge in [0.1, 0.15) is 11.5 Å². The van der Waals surface area contributed by atoms with Gasteiger partial charge < -0.3 is 14.8 Å². The molecule has 0 fully saturated rings. The van der Waals surface area contributed by atoms with E-state index < -0.39 is 0 Å². The van der Waals surface area contributed by atoms with Gasteiger partial charge in [-0.05, 0) is 69.2 Å². The molecule has 0 saturated heterocycles. The van der Waals surface area contributed by atoms with Crippen LogP contribution in [0.2, 0.25) is 0 Å². The molecule has 0 unspecified atom stereocenters. The van der Waals surface area contributed by atoms with Crippen molar-refractivity contribution in [1.82, 2.24) is 15.1 Å². The molecule has 3 rings (SSSR count). The lowest BCUT2D eigenvalue weighted by molar-refractivity contribution is 0.0977. The lowest BCUT2D eigenvalue weighted by Gasteiger charge is -2.14. The third-order valence-electron chi connectivity index (χ3n) is 5.41. The summed E-state index contributed by atoms with van der Waals surface area (Å²) in [5.41, 5.74) is 4.54. The number of aryl methyl sites for hydroxylation is 2. The van der Waals surface area contributed by atoms with E-state index >= 15 is 0 Å². The van der Waals surface area contributed by atoms with Gasteiger partial charge in [-0.2, -0.15) is 5.10 Å². The second-order valence-corrected chi connectivity index (χ2v) is 7.45. The number of nitrogens with zero attached hydrogens (tertiary/aromatic N) is 3. The van der Waals surface area contributed by atoms with Crippen molar-refractivity contribution in [2.24, 2.45) is 4.99 Å². The Kier molecular flexibility index (Phi) is 8.07. The zero-order valence-corrected chi connectivity index (χ0v) is 19.8. The number of carbonyl (C=O) groups excluding carboxylic acids is 1. The van der Waals surface area contributed by atoms with Crippen molar-refractivity contribution in [3.8, 4) is 11.5 Å². The fraction of sp³-hybridized carbons (Fsp3) is 0.320. The van der Waals surface area contributed by atoms with Gasteiger partial charge >= 0.3 is 0 Å². The van der Waals surface area contributed by atoms with Crippen molar-refractivity contribution in [1.29, 1.82) is 0 Å². The molecule has 2 N–H and O–H groups in total. The van der Waals surface area contributed by atoms with E-state index in [9.17, 15) is 4.79 Å². The van der Waals surface area contributed by atoms with Crippen molar-refractivity contribution >= 4 is 17.6 Å². The monoisotopic (exact) mass is 449 g/mol. The Bertz CT molecular complexity index is 1120. The van der Waals surface area contributed by atoms with Crippen molar-refractivity contribution in [3.05, 3.63) is 71.0 Å². The molecule has 0 bridgehead atoms. The van der Waals surface area contributed by atoms with Crippen LogP contribution in [0.3, 0.4) is 0 Å². The summed E-state index contributed by atoms with van der Waals surface area (Å²) in [4.78, 5) is 17.5. The van der Waals surface area contributed by atoms with Crippen LogP contribution in [-0.4, -0.2) is 42.4 Å². The van der Waals surface area contributed by atoms with E-state index in [0.29, 0.717) is 41.7 Å². The van der Waals surface area contributed by atoms with Gasteiger partial charge in [0.2, 0.25) is 5.96 Å². The lowest BCUT2D eigenvalue weighted by atomic mass is 10.1. The Labute approximate surface area is 194 Å². The predicted octanol–water partition coefficient (Wildman–Crippen LogP) is 3.98. The first-order valence-electron chi connectivity index (χ1n) is 10.9. The standard InChI is InChI=1S/C25H31N5O3/c1-6-30-18(3)21(17(2)29-30)15-16-26-25(27-22-9-7-8-10-23(22)33-5)28-24(31)19-11-13-20(32-4)14-12-19/h7-14H,6,15-16H2,1-5H3,(H2,26,27,28,31). The second kappa shape index (κ2) is 11.2. The molecule has 0 radical (unpaired) electrons. The fourth-order valence-corrected chi connectivity index (χ4v) is 3.59. The summed E-state index contributed by atoms with van der Waals surface area (Å²) < 4.78 is 12.6. The molecule has 0 aliphatic heterocycles. The highest BCUT2D eigenvalue weighted by atomic mass is 16.5. The number of hydrogen-bond acceptors (Lipinski definition) is 5. The molecule has 8 heteroatoms. The normalized spacial score (nSPS) is 11.2. The van der Waals surface area contributed by atoms with Crippen LogP contribution in [0.15, 0.2) is 53.5 Å². The van der Waals surface area contributed by atoms with Gasteiger partial charge in [-0.15, -0.1) is 0 Å². The summed E-state index contributed by atoms with van der Waals surface area (Å²) in [6.07, 6.45) is 0.715. The number of para-hydroxylation sites is 2. The molecule has 33 heavy (non-hydrogen) atoms. The molecule has 0 atom stereocenters. The summed E-state index contributed by atoms with van der Waals surface area (Å²) in [6, 6.07) is 14.4. The number of hydrogen-bond donors (Lipinski definition) is 2. The lowest BCUT2D eigenvalue weighted by Crippen LogP contribution is -2.36. The Morgan fingerprint density at radius 1 is 1.06 bits per heavy atom. The minimum atomic E-state index is -0.273. The van der Waals surface area contributed by atoms with E-state index in [-0.39, 0.29) is 5.91 Å². The van der Waals surface area contributed by atoms with Crippen molar-refractivity contribution in [2.45, 2.75) is 33.7 Å². The molecule has 8 nitrogen and oxygen atoms in total. The molecule has 0 aliphatic carbocycles. The van der Waals surface area contributed by atoms with Crippen LogP contribution in [0.5, 0.6) is 11.5 Å². The van der Waals surface area contributed by atoms with E-state index in [4.69, 9.17) is 9.47 Å². The summed E-state index contributed by atoms with van der Waals surface area (Å²) in [6.45, 7) is 7.47. The van der Waals surface area contributed by atoms with Crippen LogP contribution in [0, 0.1) is 13.8 Å². The first-order valence-corrected chi connectivity index (χ1v) is 10.9. The van der Waals surface area contributed by atoms with Gasteiger partial charge in [0.25, 0.3) is 5.91 Å². The molecular formula is C25H31N5O3. The van der Waals surface area contributed by atoms with E-state index in [1.54, 1.807) is 38.5 Å². The molecule has 1 heterocycles. The van der Waals surface area contributed by atoms with Gasteiger partial charge in [0.15, 0.2) is 0 Å². The summed E-state index contributed by atoms with van der Waals surface area (Å²) in [5.74, 6) is 1.41. The van der Waals surface area contributed by atoms with E-state index in [2.05, 4.69) is 34.6 Å². The maximum atomic E-state index is 12.9. The molecule has 174 valence electrons. The smallest absolute Gasteiger partial charge is 0.257 e. The number of nitrogens with one attached hydrogen (secondary N) is 2. The summed E-state index contributed by atoms with van der Waals surface area (Å²) >= 11 is 0. The molecule has 0 saturated carbocycles. The van der Waals surface area contributed by atoms with E-state index in [1.807, 2.05) is 35.9 Å². The highest BCUT2D eigenvalue weighted by Gasteiger charge is 2.13. The average Bonchev–Trinajstić information content (AvgIpc) is 3.11. The largest absolute Gasteiger partial charge is 0.497 e. The van der Waals surface area contributed by atoms with Crippen LogP contribution in [0.25, 0.3) is 0 Å². The Morgan fingerprint density at radius 3 is 2.42 bits per heavy atom. The zero-order valence-electron chi connectivity index (χ0n) is 19.8. The number of amides is 1. The number of benzene rings is 2. The Morgan fingerprint density at radius 2 is 1.79 bits per heavy atom. The fourth-order valence-electron chi connectivity index (χ4n) is 3.59. The molecular weight excluding hydrogens is 418 g/mol. The Balaban J connectivity index is 1.81. The third-order valence-corrected chi connectivity index (χ3v) is 5.41. The van der Waals surface area contributed by atoms with Gasteiger partial charge in [0.05, 0.1) is 25.6 Å². The van der Waals surface area contributed by atoms with Gasteiger partial charge in [-0.3, -0.25) is 19.8 Å². The molecule has 1 amide bonds. The van der Waals surface area contributed by atoms with Gasteiger partial charge in [-0.25, -0.2) is 0 Å². The number of methoxy groups -OCH3 is 2. The topological polar surface area (TPSA) is 89.8 Å². The van der Waals surface area contributed by atoms with Crippen LogP contribution in [-0.2, 0) is 13.0 Å². The molecule has 2 aromatic carbocycles. The molecule has 3 aromatic rings. The number of guanidine groups is 1. The minimum Gasteiger partial charge on any atom is -0.497 e. The molecule has 0 aliphatic rings. The van der Waals surface area contributed by atoms with E-state index in [0.717, 1.165) is 17.9 Å². The number of aliphatic imine (C=N–C) groups is 1. The summed E-state index contributed by atoms with van der Waals surface area (Å²) in [7, 11) is 3.19. The first-order chi connectivity index (χ1) is 16.0. The minimum absolute atomic E-state index is 0.273. The highest BCUT2D eigenvalue weighted by molar-refractivity contribution is 6.10. The first kappa shape index (κ1) is 23.8. The van der Waals surface area contributed by atoms with Crippen LogP contribution < -0.4 is 20.1 Å². The number of anilines is 1. The van der Waals surface area contributed by atoms with Crippen LogP contribution in [0.1, 0.15) is 34.2 Å². The third kappa shape index (κ3) is 5.91. The van der Waals surface area contributed by atoms with E-state index in [1.165, 1.54) is 5.56 Å². The SMILES string of the molecule is CCn1nc(C)c(CCN=C(NC(=O)c2ccc(OC)cc2)Nc2ccccc2OC)c1C. The second-order valence-electron chi connectivity index (χ2n) is 7.45. The zero-order chi connectivity index (χ0) is 23.8. The number of rotatable bonds is 8. The van der Waals surface area contributed by atoms with Crippen molar-refractivity contribution in [3.63, 3.8) is 0 Å².